The summed E-state index contributed by atoms with van der Waals surface area (Å²) in [5.74, 6) is 1.42. The highest BCUT2D eigenvalue weighted by Gasteiger charge is 2.19. The van der Waals surface area contributed by atoms with Crippen molar-refractivity contribution < 1.29 is 9.47 Å². The van der Waals surface area contributed by atoms with E-state index < -0.39 is 0 Å². The van der Waals surface area contributed by atoms with Crippen molar-refractivity contribution in [1.82, 2.24) is 14.8 Å². The van der Waals surface area contributed by atoms with E-state index in [4.69, 9.17) is 21.1 Å². The number of nitrogens with zero attached hydrogens (tertiary/aromatic N) is 2. The SMILES string of the molecule is O=c1[nH]nc(SCCOc2cccc(Cl)c2)n1CC1CCCO1. The predicted octanol–water partition coefficient (Wildman–Crippen LogP) is 2.57. The van der Waals surface area contributed by atoms with Crippen LogP contribution in [0.3, 0.4) is 0 Å². The van der Waals surface area contributed by atoms with Gasteiger partial charge in [-0.15, -0.1) is 5.10 Å². The van der Waals surface area contributed by atoms with Crippen LogP contribution < -0.4 is 10.4 Å². The summed E-state index contributed by atoms with van der Waals surface area (Å²) in [6.45, 7) is 1.83. The van der Waals surface area contributed by atoms with Gasteiger partial charge >= 0.3 is 5.69 Å². The number of rotatable bonds is 7. The molecule has 0 amide bonds. The molecule has 0 radical (unpaired) electrons. The maximum Gasteiger partial charge on any atom is 0.344 e. The van der Waals surface area contributed by atoms with E-state index in [1.165, 1.54) is 11.8 Å². The van der Waals surface area contributed by atoms with Gasteiger partial charge in [0.1, 0.15) is 5.75 Å². The van der Waals surface area contributed by atoms with Crippen molar-refractivity contribution in [2.24, 2.45) is 0 Å². The molecule has 8 heteroatoms. The van der Waals surface area contributed by atoms with Crippen LogP contribution in [0.4, 0.5) is 0 Å². The summed E-state index contributed by atoms with van der Waals surface area (Å²) in [6, 6.07) is 7.28. The van der Waals surface area contributed by atoms with Gasteiger partial charge in [0.05, 0.1) is 19.3 Å². The lowest BCUT2D eigenvalue weighted by Gasteiger charge is -2.11. The Morgan fingerprint density at radius 2 is 2.43 bits per heavy atom. The summed E-state index contributed by atoms with van der Waals surface area (Å²) < 4.78 is 12.9. The van der Waals surface area contributed by atoms with Gasteiger partial charge in [-0.05, 0) is 31.0 Å². The number of nitrogens with one attached hydrogen (secondary N) is 1. The number of thioether (sulfide) groups is 1. The lowest BCUT2D eigenvalue weighted by Crippen LogP contribution is -2.25. The van der Waals surface area contributed by atoms with Crippen LogP contribution in [0.25, 0.3) is 0 Å². The number of hydrogen-bond acceptors (Lipinski definition) is 5. The van der Waals surface area contributed by atoms with E-state index >= 15 is 0 Å². The van der Waals surface area contributed by atoms with Gasteiger partial charge in [0, 0.05) is 17.4 Å². The standard InChI is InChI=1S/C15H18ClN3O3S/c16-11-3-1-4-12(9-11)22-7-8-23-15-18-17-14(20)19(15)10-13-5-2-6-21-13/h1,3-4,9,13H,2,5-8,10H2,(H,17,20). The normalized spacial score (nSPS) is 17.5. The number of ether oxygens (including phenoxy) is 2. The number of aromatic nitrogens is 3. The molecule has 0 spiro atoms. The molecule has 3 rings (SSSR count). The Labute approximate surface area is 143 Å². The van der Waals surface area contributed by atoms with Crippen molar-refractivity contribution in [1.29, 1.82) is 0 Å². The summed E-state index contributed by atoms with van der Waals surface area (Å²) in [7, 11) is 0. The highest BCUT2D eigenvalue weighted by atomic mass is 35.5. The van der Waals surface area contributed by atoms with Crippen molar-refractivity contribution in [3.63, 3.8) is 0 Å². The van der Waals surface area contributed by atoms with E-state index in [1.807, 2.05) is 12.1 Å². The Morgan fingerprint density at radius 3 is 3.22 bits per heavy atom. The van der Waals surface area contributed by atoms with Crippen molar-refractivity contribution >= 4 is 23.4 Å². The minimum Gasteiger partial charge on any atom is -0.493 e. The van der Waals surface area contributed by atoms with Gasteiger partial charge in [0.2, 0.25) is 0 Å². The molecule has 6 nitrogen and oxygen atoms in total. The van der Waals surface area contributed by atoms with Gasteiger partial charge in [0.25, 0.3) is 0 Å². The number of hydrogen-bond donors (Lipinski definition) is 1. The molecule has 1 aromatic carbocycles. The first-order chi connectivity index (χ1) is 11.2. The Kier molecular flexibility index (Phi) is 5.64. The second kappa shape index (κ2) is 7.90. The Bertz CT molecular complexity index is 697. The molecule has 124 valence electrons. The molecule has 0 bridgehead atoms. The molecule has 2 heterocycles. The molecule has 2 aromatic rings. The summed E-state index contributed by atoms with van der Waals surface area (Å²) in [5.41, 5.74) is -0.196. The summed E-state index contributed by atoms with van der Waals surface area (Å²) >= 11 is 7.39. The molecule has 23 heavy (non-hydrogen) atoms. The van der Waals surface area contributed by atoms with E-state index in [0.29, 0.717) is 29.1 Å². The maximum atomic E-state index is 11.8. The van der Waals surface area contributed by atoms with Crippen LogP contribution in [0.1, 0.15) is 12.8 Å². The van der Waals surface area contributed by atoms with Gasteiger partial charge in [-0.1, -0.05) is 29.4 Å². The van der Waals surface area contributed by atoms with Crippen molar-refractivity contribution in [3.05, 3.63) is 39.8 Å². The fourth-order valence-corrected chi connectivity index (χ4v) is 3.37. The van der Waals surface area contributed by atoms with E-state index in [9.17, 15) is 4.79 Å². The van der Waals surface area contributed by atoms with Crippen LogP contribution in [0, 0.1) is 0 Å². The van der Waals surface area contributed by atoms with E-state index in [2.05, 4.69) is 10.2 Å². The monoisotopic (exact) mass is 355 g/mol. The first kappa shape index (κ1) is 16.4. The van der Waals surface area contributed by atoms with Gasteiger partial charge in [-0.25, -0.2) is 9.89 Å². The molecular weight excluding hydrogens is 338 g/mol. The van der Waals surface area contributed by atoms with Crippen LogP contribution in [0.5, 0.6) is 5.75 Å². The Balaban J connectivity index is 1.51. The molecular formula is C15H18ClN3O3S. The van der Waals surface area contributed by atoms with E-state index in [-0.39, 0.29) is 11.8 Å². The molecule has 1 aliphatic heterocycles. The smallest absolute Gasteiger partial charge is 0.344 e. The zero-order chi connectivity index (χ0) is 16.1. The molecule has 1 aliphatic rings. The molecule has 1 saturated heterocycles. The molecule has 0 aliphatic carbocycles. The van der Waals surface area contributed by atoms with Crippen molar-refractivity contribution in [2.45, 2.75) is 30.6 Å². The summed E-state index contributed by atoms with van der Waals surface area (Å²) in [4.78, 5) is 11.8. The minimum absolute atomic E-state index is 0.104. The molecule has 0 saturated carbocycles. The third-order valence-corrected chi connectivity index (χ3v) is 4.69. The first-order valence-electron chi connectivity index (χ1n) is 7.50. The van der Waals surface area contributed by atoms with Gasteiger partial charge in [-0.2, -0.15) is 0 Å². The average molecular weight is 356 g/mol. The number of benzene rings is 1. The van der Waals surface area contributed by atoms with Crippen LogP contribution in [-0.4, -0.2) is 39.8 Å². The second-order valence-corrected chi connectivity index (χ2v) is 6.71. The highest BCUT2D eigenvalue weighted by Crippen LogP contribution is 2.20. The van der Waals surface area contributed by atoms with Gasteiger partial charge in [0.15, 0.2) is 5.16 Å². The largest absolute Gasteiger partial charge is 0.493 e. The second-order valence-electron chi connectivity index (χ2n) is 5.21. The lowest BCUT2D eigenvalue weighted by molar-refractivity contribution is 0.0941. The number of aromatic amines is 1. The third-order valence-electron chi connectivity index (χ3n) is 3.51. The van der Waals surface area contributed by atoms with E-state index in [1.54, 1.807) is 16.7 Å². The van der Waals surface area contributed by atoms with Crippen LogP contribution in [0.15, 0.2) is 34.2 Å². The molecule has 1 N–H and O–H groups in total. The van der Waals surface area contributed by atoms with Crippen molar-refractivity contribution in [3.8, 4) is 5.75 Å². The molecule has 1 aromatic heterocycles. The summed E-state index contributed by atoms with van der Waals surface area (Å²) in [6.07, 6.45) is 2.14. The number of H-pyrrole nitrogens is 1. The fraction of sp³-hybridized carbons (Fsp3) is 0.467. The topological polar surface area (TPSA) is 69.1 Å². The first-order valence-corrected chi connectivity index (χ1v) is 8.87. The van der Waals surface area contributed by atoms with Gasteiger partial charge in [-0.3, -0.25) is 4.57 Å². The zero-order valence-corrected chi connectivity index (χ0v) is 14.1. The lowest BCUT2D eigenvalue weighted by atomic mass is 10.2. The van der Waals surface area contributed by atoms with Gasteiger partial charge < -0.3 is 9.47 Å². The summed E-state index contributed by atoms with van der Waals surface area (Å²) in [5, 5.41) is 7.89. The number of halogens is 1. The quantitative estimate of drug-likeness (QED) is 0.610. The zero-order valence-electron chi connectivity index (χ0n) is 12.5. The van der Waals surface area contributed by atoms with Crippen LogP contribution in [-0.2, 0) is 11.3 Å². The average Bonchev–Trinajstić information content (AvgIpc) is 3.16. The minimum atomic E-state index is -0.196. The Hall–Kier alpha value is -1.44. The molecule has 1 unspecified atom stereocenters. The predicted molar refractivity (Wildman–Crippen MR) is 89.5 cm³/mol. The maximum absolute atomic E-state index is 11.8. The Morgan fingerprint density at radius 1 is 1.52 bits per heavy atom. The highest BCUT2D eigenvalue weighted by molar-refractivity contribution is 7.99. The third kappa shape index (κ3) is 4.53. The van der Waals surface area contributed by atoms with Crippen molar-refractivity contribution in [2.75, 3.05) is 19.0 Å². The molecule has 1 fully saturated rings. The van der Waals surface area contributed by atoms with Crippen LogP contribution >= 0.6 is 23.4 Å². The molecule has 1 atom stereocenters. The fourth-order valence-electron chi connectivity index (χ4n) is 2.42. The van der Waals surface area contributed by atoms with E-state index in [0.717, 1.165) is 25.2 Å². The van der Waals surface area contributed by atoms with Crippen LogP contribution in [0.2, 0.25) is 5.02 Å².